The molecule has 4 heteroatoms. The molecular formula is C13H17BrFNO. The lowest BCUT2D eigenvalue weighted by molar-refractivity contribution is 0.0626. The van der Waals surface area contributed by atoms with Crippen molar-refractivity contribution in [2.24, 2.45) is 11.7 Å². The fraction of sp³-hybridized carbons (Fsp3) is 0.538. The van der Waals surface area contributed by atoms with E-state index >= 15 is 0 Å². The van der Waals surface area contributed by atoms with E-state index in [1.54, 1.807) is 13.2 Å². The monoisotopic (exact) mass is 301 g/mol. The van der Waals surface area contributed by atoms with Crippen LogP contribution < -0.4 is 5.73 Å². The fourth-order valence-corrected chi connectivity index (χ4v) is 2.64. The molecule has 1 fully saturated rings. The lowest BCUT2D eigenvalue weighted by atomic mass is 9.99. The largest absolute Gasteiger partial charge is 0.380 e. The molecule has 1 aliphatic carbocycles. The van der Waals surface area contributed by atoms with E-state index in [9.17, 15) is 4.39 Å². The van der Waals surface area contributed by atoms with E-state index in [1.807, 2.05) is 6.07 Å². The van der Waals surface area contributed by atoms with Gasteiger partial charge in [-0.1, -0.05) is 12.1 Å². The molecule has 0 aliphatic heterocycles. The standard InChI is InChI=1S/C13H17BrFNO/c1-17-13(8-5-6-8)11(16)7-9-3-2-4-10(15)12(9)14/h2-4,8,11,13H,5-7,16H2,1H3. The molecule has 0 radical (unpaired) electrons. The minimum Gasteiger partial charge on any atom is -0.380 e. The Morgan fingerprint density at radius 2 is 2.24 bits per heavy atom. The summed E-state index contributed by atoms with van der Waals surface area (Å²) in [6.45, 7) is 0. The molecule has 1 aliphatic rings. The van der Waals surface area contributed by atoms with Gasteiger partial charge in [-0.05, 0) is 52.7 Å². The third-order valence-corrected chi connectivity index (χ3v) is 4.16. The molecule has 94 valence electrons. The zero-order chi connectivity index (χ0) is 12.4. The number of ether oxygens (including phenoxy) is 1. The Kier molecular flexibility index (Phi) is 4.17. The summed E-state index contributed by atoms with van der Waals surface area (Å²) >= 11 is 3.26. The molecule has 17 heavy (non-hydrogen) atoms. The molecule has 1 saturated carbocycles. The van der Waals surface area contributed by atoms with E-state index in [4.69, 9.17) is 10.5 Å². The Bertz CT molecular complexity index is 395. The fourth-order valence-electron chi connectivity index (χ4n) is 2.22. The van der Waals surface area contributed by atoms with Crippen molar-refractivity contribution in [3.63, 3.8) is 0 Å². The van der Waals surface area contributed by atoms with Gasteiger partial charge in [-0.15, -0.1) is 0 Å². The second kappa shape index (κ2) is 5.46. The van der Waals surface area contributed by atoms with Crippen molar-refractivity contribution in [2.75, 3.05) is 7.11 Å². The average molecular weight is 302 g/mol. The Balaban J connectivity index is 2.06. The molecule has 0 amide bonds. The van der Waals surface area contributed by atoms with Gasteiger partial charge in [0.1, 0.15) is 5.82 Å². The summed E-state index contributed by atoms with van der Waals surface area (Å²) in [5.74, 6) is 0.345. The van der Waals surface area contributed by atoms with Crippen molar-refractivity contribution >= 4 is 15.9 Å². The van der Waals surface area contributed by atoms with Crippen LogP contribution in [0.3, 0.4) is 0 Å². The summed E-state index contributed by atoms with van der Waals surface area (Å²) in [5, 5.41) is 0. The maximum Gasteiger partial charge on any atom is 0.137 e. The first-order chi connectivity index (χ1) is 8.13. The number of halogens is 2. The Hall–Kier alpha value is -0.450. The molecule has 2 nitrogen and oxygen atoms in total. The number of rotatable bonds is 5. The molecule has 0 spiro atoms. The summed E-state index contributed by atoms with van der Waals surface area (Å²) in [6, 6.07) is 4.97. The van der Waals surface area contributed by atoms with E-state index in [1.165, 1.54) is 18.9 Å². The van der Waals surface area contributed by atoms with Crippen molar-refractivity contribution in [1.82, 2.24) is 0 Å². The van der Waals surface area contributed by atoms with E-state index < -0.39 is 0 Å². The van der Waals surface area contributed by atoms with Crippen molar-refractivity contribution in [3.8, 4) is 0 Å². The van der Waals surface area contributed by atoms with Crippen LogP contribution in [0.2, 0.25) is 0 Å². The number of benzene rings is 1. The third kappa shape index (κ3) is 3.06. The minimum absolute atomic E-state index is 0.0781. The zero-order valence-corrected chi connectivity index (χ0v) is 11.4. The first kappa shape index (κ1) is 13.0. The normalized spacial score (nSPS) is 19.1. The summed E-state index contributed by atoms with van der Waals surface area (Å²) in [7, 11) is 1.70. The van der Waals surface area contributed by atoms with Crippen LogP contribution in [0.1, 0.15) is 18.4 Å². The molecular weight excluding hydrogens is 285 g/mol. The smallest absolute Gasteiger partial charge is 0.137 e. The van der Waals surface area contributed by atoms with Crippen LogP contribution in [0.15, 0.2) is 22.7 Å². The van der Waals surface area contributed by atoms with Gasteiger partial charge in [-0.25, -0.2) is 4.39 Å². The van der Waals surface area contributed by atoms with E-state index in [0.717, 1.165) is 5.56 Å². The van der Waals surface area contributed by atoms with Crippen LogP contribution in [-0.2, 0) is 11.2 Å². The van der Waals surface area contributed by atoms with Crippen molar-refractivity contribution in [3.05, 3.63) is 34.1 Å². The zero-order valence-electron chi connectivity index (χ0n) is 9.83. The van der Waals surface area contributed by atoms with Gasteiger partial charge in [0.05, 0.1) is 10.6 Å². The van der Waals surface area contributed by atoms with Gasteiger partial charge >= 0.3 is 0 Å². The topological polar surface area (TPSA) is 35.2 Å². The maximum absolute atomic E-state index is 13.4. The van der Waals surface area contributed by atoms with Gasteiger partial charge in [0.25, 0.3) is 0 Å². The van der Waals surface area contributed by atoms with Crippen LogP contribution in [0.5, 0.6) is 0 Å². The lowest BCUT2D eigenvalue weighted by Gasteiger charge is -2.22. The predicted octanol–water partition coefficient (Wildman–Crippen LogP) is 2.88. The molecule has 0 heterocycles. The average Bonchev–Trinajstić information content (AvgIpc) is 3.10. The van der Waals surface area contributed by atoms with E-state index in [2.05, 4.69) is 15.9 Å². The van der Waals surface area contributed by atoms with Crippen molar-refractivity contribution in [2.45, 2.75) is 31.4 Å². The van der Waals surface area contributed by atoms with E-state index in [-0.39, 0.29) is 18.0 Å². The van der Waals surface area contributed by atoms with Gasteiger partial charge in [0.15, 0.2) is 0 Å². The summed E-state index contributed by atoms with van der Waals surface area (Å²) in [6.07, 6.45) is 3.10. The second-order valence-electron chi connectivity index (χ2n) is 4.62. The number of hydrogen-bond acceptors (Lipinski definition) is 2. The SMILES string of the molecule is COC(C(N)Cc1cccc(F)c1Br)C1CC1. The number of nitrogens with two attached hydrogens (primary N) is 1. The van der Waals surface area contributed by atoms with Gasteiger partial charge in [-0.3, -0.25) is 0 Å². The molecule has 1 aromatic rings. The predicted molar refractivity (Wildman–Crippen MR) is 69.3 cm³/mol. The van der Waals surface area contributed by atoms with Crippen molar-refractivity contribution < 1.29 is 9.13 Å². The maximum atomic E-state index is 13.4. The first-order valence-corrected chi connectivity index (χ1v) is 6.64. The third-order valence-electron chi connectivity index (χ3n) is 3.27. The van der Waals surface area contributed by atoms with Crippen LogP contribution in [-0.4, -0.2) is 19.3 Å². The van der Waals surface area contributed by atoms with Gasteiger partial charge < -0.3 is 10.5 Å². The lowest BCUT2D eigenvalue weighted by Crippen LogP contribution is -2.39. The van der Waals surface area contributed by atoms with Crippen LogP contribution in [0.25, 0.3) is 0 Å². The van der Waals surface area contributed by atoms with Crippen LogP contribution in [0, 0.1) is 11.7 Å². The Morgan fingerprint density at radius 3 is 2.82 bits per heavy atom. The van der Waals surface area contributed by atoms with Crippen LogP contribution >= 0.6 is 15.9 Å². The van der Waals surface area contributed by atoms with E-state index in [0.29, 0.717) is 16.8 Å². The summed E-state index contributed by atoms with van der Waals surface area (Å²) in [5.41, 5.74) is 7.06. The van der Waals surface area contributed by atoms with Gasteiger partial charge in [0.2, 0.25) is 0 Å². The van der Waals surface area contributed by atoms with Gasteiger partial charge in [0, 0.05) is 13.2 Å². The molecule has 2 unspecified atom stereocenters. The molecule has 0 saturated heterocycles. The highest BCUT2D eigenvalue weighted by Gasteiger charge is 2.35. The number of hydrogen-bond donors (Lipinski definition) is 1. The Morgan fingerprint density at radius 1 is 1.53 bits per heavy atom. The highest BCUT2D eigenvalue weighted by molar-refractivity contribution is 9.10. The quantitative estimate of drug-likeness (QED) is 0.907. The Labute approximate surface area is 109 Å². The second-order valence-corrected chi connectivity index (χ2v) is 5.41. The first-order valence-electron chi connectivity index (χ1n) is 5.84. The number of methoxy groups -OCH3 is 1. The molecule has 0 bridgehead atoms. The summed E-state index contributed by atoms with van der Waals surface area (Å²) < 4.78 is 19.3. The van der Waals surface area contributed by atoms with Crippen molar-refractivity contribution in [1.29, 1.82) is 0 Å². The summed E-state index contributed by atoms with van der Waals surface area (Å²) in [4.78, 5) is 0. The molecule has 0 aromatic heterocycles. The highest BCUT2D eigenvalue weighted by atomic mass is 79.9. The molecule has 2 rings (SSSR count). The molecule has 2 N–H and O–H groups in total. The van der Waals surface area contributed by atoms with Crippen LogP contribution in [0.4, 0.5) is 4.39 Å². The minimum atomic E-state index is -0.241. The molecule has 1 aromatic carbocycles. The molecule has 2 atom stereocenters. The highest BCUT2D eigenvalue weighted by Crippen LogP contribution is 2.36. The van der Waals surface area contributed by atoms with Gasteiger partial charge in [-0.2, -0.15) is 0 Å².